The lowest BCUT2D eigenvalue weighted by Gasteiger charge is -2.22. The summed E-state index contributed by atoms with van der Waals surface area (Å²) in [5, 5.41) is 0. The molecule has 0 fully saturated rings. The van der Waals surface area contributed by atoms with Crippen molar-refractivity contribution in [2.45, 2.75) is 18.2 Å². The van der Waals surface area contributed by atoms with Crippen LogP contribution in [0.1, 0.15) is 11.1 Å². The van der Waals surface area contributed by atoms with Gasteiger partial charge in [-0.25, -0.2) is 8.42 Å². The molecule has 0 saturated heterocycles. The highest BCUT2D eigenvalue weighted by Crippen LogP contribution is 2.17. The normalized spacial score (nSPS) is 11.3. The molecule has 126 valence electrons. The third kappa shape index (κ3) is 5.32. The minimum atomic E-state index is -3.50. The standard InChI is InChI=1S/C17H22N2O2S.ClH/c1-15-6-5-9-17(14-15)22(20,21)19(13-11-18)12-10-16-7-3-2-4-8-16;/h2-9,14H,10-13,18H2,1H3;1H. The van der Waals surface area contributed by atoms with Crippen LogP contribution < -0.4 is 5.73 Å². The third-order valence-corrected chi connectivity index (χ3v) is 5.39. The Morgan fingerprint density at radius 2 is 1.70 bits per heavy atom. The maximum Gasteiger partial charge on any atom is 0.243 e. The first-order chi connectivity index (χ1) is 10.5. The summed E-state index contributed by atoms with van der Waals surface area (Å²) in [7, 11) is -3.50. The number of benzene rings is 2. The zero-order valence-electron chi connectivity index (χ0n) is 13.2. The van der Waals surface area contributed by atoms with E-state index >= 15 is 0 Å². The summed E-state index contributed by atoms with van der Waals surface area (Å²) in [4.78, 5) is 0.328. The Morgan fingerprint density at radius 1 is 1.00 bits per heavy atom. The van der Waals surface area contributed by atoms with Crippen LogP contribution in [0.4, 0.5) is 0 Å². The van der Waals surface area contributed by atoms with Gasteiger partial charge >= 0.3 is 0 Å². The van der Waals surface area contributed by atoms with E-state index in [2.05, 4.69) is 0 Å². The van der Waals surface area contributed by atoms with Gasteiger partial charge in [-0.05, 0) is 36.6 Å². The largest absolute Gasteiger partial charge is 0.329 e. The van der Waals surface area contributed by atoms with Gasteiger partial charge in [0.2, 0.25) is 10.0 Å². The number of rotatable bonds is 7. The maximum absolute atomic E-state index is 12.8. The van der Waals surface area contributed by atoms with Gasteiger partial charge in [-0.15, -0.1) is 12.4 Å². The molecule has 2 rings (SSSR count). The average molecular weight is 355 g/mol. The fourth-order valence-electron chi connectivity index (χ4n) is 2.32. The molecule has 0 aliphatic rings. The van der Waals surface area contributed by atoms with Crippen molar-refractivity contribution in [2.24, 2.45) is 5.73 Å². The summed E-state index contributed by atoms with van der Waals surface area (Å²) in [5.41, 5.74) is 7.64. The molecule has 0 aliphatic carbocycles. The fourth-order valence-corrected chi connectivity index (χ4v) is 3.88. The minimum Gasteiger partial charge on any atom is -0.329 e. The van der Waals surface area contributed by atoms with Gasteiger partial charge in [0, 0.05) is 19.6 Å². The maximum atomic E-state index is 12.8. The molecule has 0 aliphatic heterocycles. The van der Waals surface area contributed by atoms with Crippen molar-refractivity contribution in [1.29, 1.82) is 0 Å². The van der Waals surface area contributed by atoms with Crippen LogP contribution in [-0.2, 0) is 16.4 Å². The van der Waals surface area contributed by atoms with Crippen molar-refractivity contribution in [3.63, 3.8) is 0 Å². The number of hydrogen-bond donors (Lipinski definition) is 1. The third-order valence-electron chi connectivity index (χ3n) is 3.50. The first kappa shape index (κ1) is 19.6. The molecule has 0 amide bonds. The Morgan fingerprint density at radius 3 is 2.30 bits per heavy atom. The lowest BCUT2D eigenvalue weighted by molar-refractivity contribution is 0.421. The smallest absolute Gasteiger partial charge is 0.243 e. The molecule has 0 bridgehead atoms. The van der Waals surface area contributed by atoms with Crippen LogP contribution in [0.5, 0.6) is 0 Å². The zero-order valence-corrected chi connectivity index (χ0v) is 14.8. The number of hydrogen-bond acceptors (Lipinski definition) is 3. The molecular weight excluding hydrogens is 332 g/mol. The van der Waals surface area contributed by atoms with E-state index in [0.29, 0.717) is 31.0 Å². The van der Waals surface area contributed by atoms with E-state index in [1.54, 1.807) is 18.2 Å². The van der Waals surface area contributed by atoms with Crippen LogP contribution in [-0.4, -0.2) is 32.4 Å². The van der Waals surface area contributed by atoms with E-state index in [1.165, 1.54) is 4.31 Å². The molecule has 6 heteroatoms. The van der Waals surface area contributed by atoms with Crippen LogP contribution in [0.25, 0.3) is 0 Å². The van der Waals surface area contributed by atoms with E-state index in [-0.39, 0.29) is 12.4 Å². The van der Waals surface area contributed by atoms with E-state index in [9.17, 15) is 8.42 Å². The SMILES string of the molecule is Cc1cccc(S(=O)(=O)N(CCN)CCc2ccccc2)c1.Cl. The van der Waals surface area contributed by atoms with Crippen LogP contribution in [0.2, 0.25) is 0 Å². The molecule has 4 nitrogen and oxygen atoms in total. The summed E-state index contributed by atoms with van der Waals surface area (Å²) in [5.74, 6) is 0. The van der Waals surface area contributed by atoms with Gasteiger partial charge in [-0.3, -0.25) is 0 Å². The molecule has 0 aromatic heterocycles. The molecule has 0 heterocycles. The number of nitrogens with two attached hydrogens (primary N) is 1. The number of halogens is 1. The summed E-state index contributed by atoms with van der Waals surface area (Å²) in [6.45, 7) is 2.94. The highest BCUT2D eigenvalue weighted by Gasteiger charge is 2.23. The molecule has 2 aromatic carbocycles. The number of aryl methyl sites for hydroxylation is 1. The highest BCUT2D eigenvalue weighted by molar-refractivity contribution is 7.89. The Labute approximate surface area is 144 Å². The van der Waals surface area contributed by atoms with Gasteiger partial charge < -0.3 is 5.73 Å². The molecule has 0 unspecified atom stereocenters. The van der Waals surface area contributed by atoms with Gasteiger partial charge in [0.25, 0.3) is 0 Å². The predicted octanol–water partition coefficient (Wildman–Crippen LogP) is 2.61. The number of sulfonamides is 1. The Bertz CT molecular complexity index is 706. The lowest BCUT2D eigenvalue weighted by atomic mass is 10.1. The quantitative estimate of drug-likeness (QED) is 0.831. The van der Waals surface area contributed by atoms with Crippen molar-refractivity contribution in [3.8, 4) is 0 Å². The second kappa shape index (κ2) is 9.03. The molecule has 0 atom stereocenters. The highest BCUT2D eigenvalue weighted by atomic mass is 35.5. The monoisotopic (exact) mass is 354 g/mol. The van der Waals surface area contributed by atoms with Gasteiger partial charge in [-0.1, -0.05) is 42.5 Å². The summed E-state index contributed by atoms with van der Waals surface area (Å²) in [6, 6.07) is 16.8. The number of nitrogens with zero attached hydrogens (tertiary/aromatic N) is 1. The van der Waals surface area contributed by atoms with Gasteiger partial charge in [-0.2, -0.15) is 4.31 Å². The molecule has 2 aromatic rings. The van der Waals surface area contributed by atoms with E-state index in [1.807, 2.05) is 43.3 Å². The predicted molar refractivity (Wildman–Crippen MR) is 96.4 cm³/mol. The van der Waals surface area contributed by atoms with Crippen molar-refractivity contribution in [1.82, 2.24) is 4.31 Å². The Hall–Kier alpha value is -1.40. The van der Waals surface area contributed by atoms with Gasteiger partial charge in [0.15, 0.2) is 0 Å². The van der Waals surface area contributed by atoms with Crippen molar-refractivity contribution in [3.05, 3.63) is 65.7 Å². The van der Waals surface area contributed by atoms with Crippen LogP contribution in [0.15, 0.2) is 59.5 Å². The second-order valence-electron chi connectivity index (χ2n) is 5.24. The van der Waals surface area contributed by atoms with Gasteiger partial charge in [0.1, 0.15) is 0 Å². The summed E-state index contributed by atoms with van der Waals surface area (Å²) < 4.78 is 27.0. The topological polar surface area (TPSA) is 63.4 Å². The molecular formula is C17H23ClN2O2S. The van der Waals surface area contributed by atoms with E-state index < -0.39 is 10.0 Å². The summed E-state index contributed by atoms with van der Waals surface area (Å²) in [6.07, 6.45) is 0.673. The molecule has 2 N–H and O–H groups in total. The molecule has 0 spiro atoms. The summed E-state index contributed by atoms with van der Waals surface area (Å²) >= 11 is 0. The van der Waals surface area contributed by atoms with Crippen molar-refractivity contribution < 1.29 is 8.42 Å². The van der Waals surface area contributed by atoms with Crippen LogP contribution >= 0.6 is 12.4 Å². The van der Waals surface area contributed by atoms with Gasteiger partial charge in [0.05, 0.1) is 4.90 Å². The fraction of sp³-hybridized carbons (Fsp3) is 0.294. The Kier molecular flexibility index (Phi) is 7.72. The lowest BCUT2D eigenvalue weighted by Crippen LogP contribution is -2.36. The van der Waals surface area contributed by atoms with Crippen molar-refractivity contribution >= 4 is 22.4 Å². The van der Waals surface area contributed by atoms with Crippen LogP contribution in [0.3, 0.4) is 0 Å². The van der Waals surface area contributed by atoms with E-state index in [4.69, 9.17) is 5.73 Å². The minimum absolute atomic E-state index is 0. The first-order valence-electron chi connectivity index (χ1n) is 7.35. The van der Waals surface area contributed by atoms with Crippen molar-refractivity contribution in [2.75, 3.05) is 19.6 Å². The molecule has 23 heavy (non-hydrogen) atoms. The van der Waals surface area contributed by atoms with Crippen LogP contribution in [0, 0.1) is 6.92 Å². The zero-order chi connectivity index (χ0) is 16.0. The Balaban J connectivity index is 0.00000264. The molecule has 0 radical (unpaired) electrons. The molecule has 0 saturated carbocycles. The average Bonchev–Trinajstić information content (AvgIpc) is 2.52. The van der Waals surface area contributed by atoms with E-state index in [0.717, 1.165) is 11.1 Å². The second-order valence-corrected chi connectivity index (χ2v) is 7.18. The first-order valence-corrected chi connectivity index (χ1v) is 8.79.